The van der Waals surface area contributed by atoms with Gasteiger partial charge in [-0.1, -0.05) is 23.2 Å². The molecule has 138 valence electrons. The number of benzene rings is 1. The summed E-state index contributed by atoms with van der Waals surface area (Å²) in [4.78, 5) is 32.2. The van der Waals surface area contributed by atoms with Gasteiger partial charge in [-0.15, -0.1) is 0 Å². The molecule has 0 atom stereocenters. The van der Waals surface area contributed by atoms with Crippen molar-refractivity contribution in [3.63, 3.8) is 0 Å². The van der Waals surface area contributed by atoms with Gasteiger partial charge in [-0.05, 0) is 49.3 Å². The Morgan fingerprint density at radius 2 is 2.07 bits per heavy atom. The normalized spacial score (nSPS) is 13.7. The number of carbonyl (C=O) groups is 1. The van der Waals surface area contributed by atoms with Gasteiger partial charge in [0, 0.05) is 16.6 Å². The molecule has 4 rings (SSSR count). The third-order valence-corrected chi connectivity index (χ3v) is 5.27. The lowest BCUT2D eigenvalue weighted by molar-refractivity contribution is 0.0603. The Labute approximate surface area is 168 Å². The number of esters is 1. The summed E-state index contributed by atoms with van der Waals surface area (Å²) in [6.07, 6.45) is 1.85. The van der Waals surface area contributed by atoms with Crippen molar-refractivity contribution in [1.82, 2.24) is 14.5 Å². The number of hydrogen-bond donors (Lipinski definition) is 1. The summed E-state index contributed by atoms with van der Waals surface area (Å²) in [6, 6.07) is 6.62. The first-order valence-corrected chi connectivity index (χ1v) is 9.30. The summed E-state index contributed by atoms with van der Waals surface area (Å²) in [5.74, 6) is -0.640. The predicted molar refractivity (Wildman–Crippen MR) is 106 cm³/mol. The maximum atomic E-state index is 12.6. The Morgan fingerprint density at radius 3 is 2.70 bits per heavy atom. The van der Waals surface area contributed by atoms with Crippen molar-refractivity contribution in [1.29, 1.82) is 0 Å². The zero-order valence-corrected chi connectivity index (χ0v) is 16.4. The number of nitrogens with one attached hydrogen (secondary N) is 1. The van der Waals surface area contributed by atoms with Crippen molar-refractivity contribution in [2.45, 2.75) is 18.9 Å². The van der Waals surface area contributed by atoms with Gasteiger partial charge in [-0.25, -0.2) is 9.78 Å². The molecule has 2 heterocycles. The average molecular weight is 422 g/mol. The molecule has 0 aliphatic heterocycles. The number of rotatable bonds is 3. The molecule has 1 aromatic carbocycles. The molecule has 0 spiro atoms. The van der Waals surface area contributed by atoms with Crippen LogP contribution < -0.4 is 5.56 Å². The van der Waals surface area contributed by atoms with E-state index in [0.717, 1.165) is 12.8 Å². The van der Waals surface area contributed by atoms with Crippen LogP contribution in [0.1, 0.15) is 29.2 Å². The van der Waals surface area contributed by atoms with Crippen molar-refractivity contribution in [2.75, 3.05) is 7.11 Å². The van der Waals surface area contributed by atoms with E-state index in [1.54, 1.807) is 22.8 Å². The van der Waals surface area contributed by atoms with Crippen molar-refractivity contribution < 1.29 is 9.53 Å². The van der Waals surface area contributed by atoms with Crippen molar-refractivity contribution in [3.8, 4) is 11.3 Å². The van der Waals surface area contributed by atoms with Crippen molar-refractivity contribution >= 4 is 52.4 Å². The molecule has 0 radical (unpaired) electrons. The highest BCUT2D eigenvalue weighted by molar-refractivity contribution is 7.71. The van der Waals surface area contributed by atoms with E-state index in [-0.39, 0.29) is 21.8 Å². The number of pyridine rings is 1. The summed E-state index contributed by atoms with van der Waals surface area (Å²) in [5, 5.41) is 1.01. The lowest BCUT2D eigenvalue weighted by Gasteiger charge is -2.14. The molecule has 6 nitrogen and oxygen atoms in total. The van der Waals surface area contributed by atoms with Gasteiger partial charge in [0.2, 0.25) is 0 Å². The van der Waals surface area contributed by atoms with Crippen molar-refractivity contribution in [3.05, 3.63) is 55.0 Å². The number of aromatic amines is 1. The molecule has 1 aliphatic rings. The van der Waals surface area contributed by atoms with E-state index in [4.69, 9.17) is 40.2 Å². The SMILES string of the molecule is COC(=O)c1cc(-c2ccc(Cl)cc2Cl)nc2c1c(=O)[nH]c(=S)n2C1CC1. The third-order valence-electron chi connectivity index (χ3n) is 4.42. The second-order valence-electron chi connectivity index (χ2n) is 6.23. The largest absolute Gasteiger partial charge is 0.465 e. The summed E-state index contributed by atoms with van der Waals surface area (Å²) in [7, 11) is 1.26. The molecule has 0 bridgehead atoms. The van der Waals surface area contributed by atoms with Crippen LogP contribution in [0.15, 0.2) is 29.1 Å². The number of carbonyl (C=O) groups excluding carboxylic acids is 1. The van der Waals surface area contributed by atoms with Crippen molar-refractivity contribution in [2.24, 2.45) is 0 Å². The fraction of sp³-hybridized carbons (Fsp3) is 0.222. The summed E-state index contributed by atoms with van der Waals surface area (Å²) in [5.41, 5.74) is 0.985. The maximum Gasteiger partial charge on any atom is 0.338 e. The molecule has 27 heavy (non-hydrogen) atoms. The minimum absolute atomic E-state index is 0.106. The van der Waals surface area contributed by atoms with Gasteiger partial charge in [-0.3, -0.25) is 14.3 Å². The highest BCUT2D eigenvalue weighted by atomic mass is 35.5. The average Bonchev–Trinajstić information content (AvgIpc) is 3.44. The van der Waals surface area contributed by atoms with Crippen LogP contribution in [0.3, 0.4) is 0 Å². The van der Waals surface area contributed by atoms with Gasteiger partial charge < -0.3 is 4.74 Å². The Hall–Kier alpha value is -2.22. The van der Waals surface area contributed by atoms with E-state index in [1.807, 2.05) is 0 Å². The fourth-order valence-electron chi connectivity index (χ4n) is 3.02. The van der Waals surface area contributed by atoms with E-state index >= 15 is 0 Å². The molecular formula is C18H13Cl2N3O3S. The highest BCUT2D eigenvalue weighted by Gasteiger charge is 2.29. The lowest BCUT2D eigenvalue weighted by atomic mass is 10.1. The van der Waals surface area contributed by atoms with E-state index in [0.29, 0.717) is 26.9 Å². The minimum Gasteiger partial charge on any atom is -0.465 e. The first kappa shape index (κ1) is 18.2. The summed E-state index contributed by atoms with van der Waals surface area (Å²) < 4.78 is 6.94. The van der Waals surface area contributed by atoms with E-state index < -0.39 is 11.5 Å². The van der Waals surface area contributed by atoms with Crippen LogP contribution >= 0.6 is 35.4 Å². The quantitative estimate of drug-likeness (QED) is 0.495. The number of aromatic nitrogens is 3. The predicted octanol–water partition coefficient (Wildman–Crippen LogP) is 4.55. The van der Waals surface area contributed by atoms with E-state index in [2.05, 4.69) is 9.97 Å². The summed E-state index contributed by atoms with van der Waals surface area (Å²) >= 11 is 17.6. The number of methoxy groups -OCH3 is 1. The molecule has 9 heteroatoms. The first-order valence-electron chi connectivity index (χ1n) is 8.14. The van der Waals surface area contributed by atoms with Crippen LogP contribution in [0.4, 0.5) is 0 Å². The Morgan fingerprint density at radius 1 is 1.33 bits per heavy atom. The van der Waals surface area contributed by atoms with Gasteiger partial charge >= 0.3 is 5.97 Å². The topological polar surface area (TPSA) is 77.0 Å². The fourth-order valence-corrected chi connectivity index (χ4v) is 3.86. The van der Waals surface area contributed by atoms with Gasteiger partial charge in [0.05, 0.1) is 28.8 Å². The van der Waals surface area contributed by atoms with Crippen LogP contribution in [0.5, 0.6) is 0 Å². The first-order chi connectivity index (χ1) is 12.9. The van der Waals surface area contributed by atoms with E-state index in [9.17, 15) is 9.59 Å². The molecule has 1 N–H and O–H groups in total. The van der Waals surface area contributed by atoms with Crippen LogP contribution in [-0.4, -0.2) is 27.6 Å². The molecule has 1 aliphatic carbocycles. The Kier molecular flexibility index (Phi) is 4.53. The second kappa shape index (κ2) is 6.74. The number of nitrogens with zero attached hydrogens (tertiary/aromatic N) is 2. The van der Waals surface area contributed by atoms with Gasteiger partial charge in [0.1, 0.15) is 5.65 Å². The number of fused-ring (bicyclic) bond motifs is 1. The van der Waals surface area contributed by atoms with Crippen LogP contribution in [-0.2, 0) is 4.74 Å². The highest BCUT2D eigenvalue weighted by Crippen LogP contribution is 2.38. The van der Waals surface area contributed by atoms with Gasteiger partial charge in [0.25, 0.3) is 5.56 Å². The van der Waals surface area contributed by atoms with Crippen LogP contribution in [0, 0.1) is 4.77 Å². The van der Waals surface area contributed by atoms with E-state index in [1.165, 1.54) is 13.2 Å². The number of H-pyrrole nitrogens is 1. The minimum atomic E-state index is -0.640. The summed E-state index contributed by atoms with van der Waals surface area (Å²) in [6.45, 7) is 0. The monoisotopic (exact) mass is 421 g/mol. The molecular weight excluding hydrogens is 409 g/mol. The number of hydrogen-bond acceptors (Lipinski definition) is 5. The molecule has 3 aromatic rings. The Balaban J connectivity index is 2.13. The second-order valence-corrected chi connectivity index (χ2v) is 7.46. The zero-order chi connectivity index (χ0) is 19.3. The zero-order valence-electron chi connectivity index (χ0n) is 14.1. The molecule has 1 saturated carbocycles. The van der Waals surface area contributed by atoms with Crippen LogP contribution in [0.25, 0.3) is 22.3 Å². The molecule has 0 amide bonds. The molecule has 0 unspecified atom stereocenters. The number of ether oxygens (including phenoxy) is 1. The number of halogens is 2. The lowest BCUT2D eigenvalue weighted by Crippen LogP contribution is -2.19. The van der Waals surface area contributed by atoms with Gasteiger partial charge in [0.15, 0.2) is 4.77 Å². The Bertz CT molecular complexity index is 1210. The van der Waals surface area contributed by atoms with Gasteiger partial charge in [-0.2, -0.15) is 0 Å². The molecule has 1 fully saturated rings. The maximum absolute atomic E-state index is 12.6. The molecule has 0 saturated heterocycles. The van der Waals surface area contributed by atoms with Crippen LogP contribution in [0.2, 0.25) is 10.0 Å². The third kappa shape index (κ3) is 3.16. The molecule has 2 aromatic heterocycles. The standard InChI is InChI=1S/C18H13Cl2N3O3S/c1-26-17(25)11-7-13(10-5-2-8(19)6-12(10)20)21-15-14(11)16(24)22-18(27)23(15)9-3-4-9/h2,5-7,9H,3-4H2,1H3,(H,22,24,27). The smallest absolute Gasteiger partial charge is 0.338 e.